The first kappa shape index (κ1) is 15.9. The summed E-state index contributed by atoms with van der Waals surface area (Å²) < 4.78 is 11.2. The molecule has 8 nitrogen and oxygen atoms in total. The van der Waals surface area contributed by atoms with Crippen LogP contribution in [0, 0.1) is 0 Å². The number of para-hydroxylation sites is 1. The van der Waals surface area contributed by atoms with Gasteiger partial charge in [0.1, 0.15) is 23.9 Å². The molecule has 0 unspecified atom stereocenters. The van der Waals surface area contributed by atoms with E-state index in [0.29, 0.717) is 38.7 Å². The van der Waals surface area contributed by atoms with E-state index < -0.39 is 0 Å². The summed E-state index contributed by atoms with van der Waals surface area (Å²) in [4.78, 5) is 18.7. The largest absolute Gasteiger partial charge is 0.493 e. The van der Waals surface area contributed by atoms with Gasteiger partial charge >= 0.3 is 6.03 Å². The van der Waals surface area contributed by atoms with E-state index in [2.05, 4.69) is 26.6 Å². The Labute approximate surface area is 145 Å². The van der Waals surface area contributed by atoms with E-state index in [1.165, 1.54) is 6.33 Å². The first-order chi connectivity index (χ1) is 12.3. The van der Waals surface area contributed by atoms with Crippen LogP contribution in [0.5, 0.6) is 5.75 Å². The second-order valence-electron chi connectivity index (χ2n) is 6.21. The molecule has 1 aromatic heterocycles. The van der Waals surface area contributed by atoms with E-state index in [1.807, 2.05) is 18.2 Å². The number of aromatic nitrogens is 3. The molecular weight excluding hydrogens is 322 g/mol. The van der Waals surface area contributed by atoms with E-state index in [4.69, 9.17) is 9.47 Å². The number of fused-ring (bicyclic) bond motifs is 1. The number of nitrogens with one attached hydrogen (secondary N) is 2. The van der Waals surface area contributed by atoms with E-state index in [0.717, 1.165) is 17.7 Å². The molecule has 1 saturated heterocycles. The van der Waals surface area contributed by atoms with Crippen LogP contribution in [-0.4, -0.2) is 59.0 Å². The van der Waals surface area contributed by atoms with Gasteiger partial charge in [-0.2, -0.15) is 5.10 Å². The topological polar surface area (TPSA) is 92.4 Å². The lowest BCUT2D eigenvalue weighted by atomic mass is 9.93. The second kappa shape index (κ2) is 7.10. The van der Waals surface area contributed by atoms with Crippen LogP contribution in [0.2, 0.25) is 0 Å². The number of carbonyl (C=O) groups excluding carboxylic acids is 1. The summed E-state index contributed by atoms with van der Waals surface area (Å²) in [6, 6.07) is 7.68. The fourth-order valence-electron chi connectivity index (χ4n) is 3.39. The molecule has 2 atom stereocenters. The number of hydrogen-bond acceptors (Lipinski definition) is 5. The van der Waals surface area contributed by atoms with Gasteiger partial charge in [-0.15, -0.1) is 0 Å². The Bertz CT molecular complexity index is 721. The van der Waals surface area contributed by atoms with Crippen LogP contribution < -0.4 is 10.1 Å². The minimum Gasteiger partial charge on any atom is -0.493 e. The lowest BCUT2D eigenvalue weighted by Crippen LogP contribution is -2.49. The molecule has 0 spiro atoms. The van der Waals surface area contributed by atoms with Gasteiger partial charge in [0, 0.05) is 19.0 Å². The van der Waals surface area contributed by atoms with Gasteiger partial charge in [0.15, 0.2) is 0 Å². The van der Waals surface area contributed by atoms with Crippen molar-refractivity contribution >= 4 is 6.03 Å². The van der Waals surface area contributed by atoms with Crippen molar-refractivity contribution in [2.24, 2.45) is 0 Å². The SMILES string of the molecule is O=C(NC[C@@H]1CCOc2ccccc21)N1CCOC[C@@H]1c1ncn[nH]1. The summed E-state index contributed by atoms with van der Waals surface area (Å²) in [5.41, 5.74) is 1.16. The van der Waals surface area contributed by atoms with Gasteiger partial charge in [-0.3, -0.25) is 5.10 Å². The third-order valence-electron chi connectivity index (χ3n) is 4.72. The molecule has 0 radical (unpaired) electrons. The number of ether oxygens (including phenoxy) is 2. The highest BCUT2D eigenvalue weighted by Crippen LogP contribution is 2.32. The molecule has 0 bridgehead atoms. The van der Waals surface area contributed by atoms with Crippen molar-refractivity contribution < 1.29 is 14.3 Å². The number of rotatable bonds is 3. The number of morpholine rings is 1. The highest BCUT2D eigenvalue weighted by molar-refractivity contribution is 5.75. The molecule has 2 N–H and O–H groups in total. The number of carbonyl (C=O) groups is 1. The standard InChI is InChI=1S/C17H21N5O3/c23-17(22-6-8-24-10-14(22)16-19-11-20-21-16)18-9-12-5-7-25-15-4-2-1-3-13(12)15/h1-4,11-12,14H,5-10H2,(H,18,23)(H,19,20,21)/t12-,14+/m0/s1. The molecule has 132 valence electrons. The Hall–Kier alpha value is -2.61. The van der Waals surface area contributed by atoms with Crippen LogP contribution in [0.3, 0.4) is 0 Å². The lowest BCUT2D eigenvalue weighted by Gasteiger charge is -2.35. The summed E-state index contributed by atoms with van der Waals surface area (Å²) in [6.45, 7) is 2.73. The number of hydrogen-bond donors (Lipinski definition) is 2. The number of nitrogens with zero attached hydrogens (tertiary/aromatic N) is 3. The van der Waals surface area contributed by atoms with Gasteiger partial charge in [-0.25, -0.2) is 9.78 Å². The van der Waals surface area contributed by atoms with Crippen LogP contribution in [0.25, 0.3) is 0 Å². The number of H-pyrrole nitrogens is 1. The zero-order valence-electron chi connectivity index (χ0n) is 13.9. The van der Waals surface area contributed by atoms with E-state index in [9.17, 15) is 4.79 Å². The van der Waals surface area contributed by atoms with Crippen molar-refractivity contribution in [3.63, 3.8) is 0 Å². The predicted molar refractivity (Wildman–Crippen MR) is 89.3 cm³/mol. The van der Waals surface area contributed by atoms with Crippen LogP contribution >= 0.6 is 0 Å². The Kier molecular flexibility index (Phi) is 4.51. The Morgan fingerprint density at radius 1 is 1.36 bits per heavy atom. The average Bonchev–Trinajstić information content (AvgIpc) is 3.21. The smallest absolute Gasteiger partial charge is 0.318 e. The highest BCUT2D eigenvalue weighted by atomic mass is 16.5. The number of aromatic amines is 1. The summed E-state index contributed by atoms with van der Waals surface area (Å²) in [5.74, 6) is 1.82. The monoisotopic (exact) mass is 343 g/mol. The first-order valence-electron chi connectivity index (χ1n) is 8.52. The molecule has 1 aromatic carbocycles. The first-order valence-corrected chi connectivity index (χ1v) is 8.52. The molecule has 4 rings (SSSR count). The summed E-state index contributed by atoms with van der Waals surface area (Å²) >= 11 is 0. The van der Waals surface area contributed by atoms with Crippen molar-refractivity contribution in [2.75, 3.05) is 32.9 Å². The van der Waals surface area contributed by atoms with Gasteiger partial charge in [0.2, 0.25) is 0 Å². The Balaban J connectivity index is 1.42. The van der Waals surface area contributed by atoms with Crippen molar-refractivity contribution in [1.29, 1.82) is 0 Å². The fourth-order valence-corrected chi connectivity index (χ4v) is 3.39. The van der Waals surface area contributed by atoms with Crippen LogP contribution in [-0.2, 0) is 4.74 Å². The lowest BCUT2D eigenvalue weighted by molar-refractivity contribution is 0.00864. The molecule has 2 aliphatic heterocycles. The second-order valence-corrected chi connectivity index (χ2v) is 6.21. The Morgan fingerprint density at radius 3 is 3.16 bits per heavy atom. The summed E-state index contributed by atoms with van der Waals surface area (Å²) in [6.07, 6.45) is 2.34. The van der Waals surface area contributed by atoms with Crippen LogP contribution in [0.4, 0.5) is 4.79 Å². The third-order valence-corrected chi connectivity index (χ3v) is 4.72. The minimum absolute atomic E-state index is 0.103. The summed E-state index contributed by atoms with van der Waals surface area (Å²) in [5, 5.41) is 9.77. The molecule has 0 saturated carbocycles. The van der Waals surface area contributed by atoms with Gasteiger partial charge in [0.05, 0.1) is 19.8 Å². The van der Waals surface area contributed by atoms with Crippen molar-refractivity contribution in [1.82, 2.24) is 25.4 Å². The molecule has 2 amide bonds. The van der Waals surface area contributed by atoms with Crippen molar-refractivity contribution in [2.45, 2.75) is 18.4 Å². The molecule has 2 aromatic rings. The van der Waals surface area contributed by atoms with Crippen LogP contribution in [0.1, 0.15) is 29.8 Å². The third kappa shape index (κ3) is 3.30. The van der Waals surface area contributed by atoms with Crippen LogP contribution in [0.15, 0.2) is 30.6 Å². The van der Waals surface area contributed by atoms with E-state index in [1.54, 1.807) is 4.90 Å². The fraction of sp³-hybridized carbons (Fsp3) is 0.471. The van der Waals surface area contributed by atoms with E-state index in [-0.39, 0.29) is 18.0 Å². The highest BCUT2D eigenvalue weighted by Gasteiger charge is 2.31. The molecule has 2 aliphatic rings. The molecule has 0 aliphatic carbocycles. The zero-order valence-corrected chi connectivity index (χ0v) is 13.9. The number of benzene rings is 1. The molecular formula is C17H21N5O3. The zero-order chi connectivity index (χ0) is 17.1. The maximum absolute atomic E-state index is 12.7. The van der Waals surface area contributed by atoms with Gasteiger partial charge in [-0.05, 0) is 18.1 Å². The molecule has 1 fully saturated rings. The van der Waals surface area contributed by atoms with Gasteiger partial charge in [-0.1, -0.05) is 18.2 Å². The minimum atomic E-state index is -0.238. The predicted octanol–water partition coefficient (Wildman–Crippen LogP) is 1.45. The molecule has 25 heavy (non-hydrogen) atoms. The number of amides is 2. The Morgan fingerprint density at radius 2 is 2.28 bits per heavy atom. The maximum atomic E-state index is 12.7. The van der Waals surface area contributed by atoms with Crippen molar-refractivity contribution in [3.8, 4) is 5.75 Å². The quantitative estimate of drug-likeness (QED) is 0.880. The number of urea groups is 1. The van der Waals surface area contributed by atoms with E-state index >= 15 is 0 Å². The normalized spacial score (nSPS) is 22.8. The molecule has 8 heteroatoms. The maximum Gasteiger partial charge on any atom is 0.318 e. The van der Waals surface area contributed by atoms with Crippen molar-refractivity contribution in [3.05, 3.63) is 42.0 Å². The van der Waals surface area contributed by atoms with Gasteiger partial charge in [0.25, 0.3) is 0 Å². The summed E-state index contributed by atoms with van der Waals surface area (Å²) in [7, 11) is 0. The average molecular weight is 343 g/mol. The molecule has 3 heterocycles. The van der Waals surface area contributed by atoms with Gasteiger partial charge < -0.3 is 19.7 Å².